The van der Waals surface area contributed by atoms with E-state index in [2.05, 4.69) is 5.32 Å². The van der Waals surface area contributed by atoms with E-state index in [9.17, 15) is 23.3 Å². The number of nitrogens with zero attached hydrogens (tertiary/aromatic N) is 1. The Morgan fingerprint density at radius 2 is 2.10 bits per heavy atom. The predicted molar refractivity (Wildman–Crippen MR) is 73.9 cm³/mol. The molecule has 0 bridgehead atoms. The van der Waals surface area contributed by atoms with Gasteiger partial charge in [-0.05, 0) is 12.1 Å². The van der Waals surface area contributed by atoms with Gasteiger partial charge in [0.2, 0.25) is 5.91 Å². The SMILES string of the molecule is CC(=O)NCC=Cc1ccc(S(C)(=O)=O)cc1[N+](=O)[O-]. The van der Waals surface area contributed by atoms with E-state index in [-0.39, 0.29) is 28.6 Å². The Labute approximate surface area is 116 Å². The highest BCUT2D eigenvalue weighted by Crippen LogP contribution is 2.24. The first-order valence-corrected chi connectivity index (χ1v) is 7.50. The molecule has 108 valence electrons. The van der Waals surface area contributed by atoms with Gasteiger partial charge >= 0.3 is 0 Å². The summed E-state index contributed by atoms with van der Waals surface area (Å²) in [7, 11) is -3.50. The van der Waals surface area contributed by atoms with Crippen molar-refractivity contribution in [2.75, 3.05) is 12.8 Å². The van der Waals surface area contributed by atoms with Crippen molar-refractivity contribution in [3.05, 3.63) is 40.0 Å². The van der Waals surface area contributed by atoms with Crippen LogP contribution in [0.25, 0.3) is 6.08 Å². The van der Waals surface area contributed by atoms with Gasteiger partial charge < -0.3 is 5.32 Å². The fourth-order valence-corrected chi connectivity index (χ4v) is 2.08. The smallest absolute Gasteiger partial charge is 0.277 e. The summed E-state index contributed by atoms with van der Waals surface area (Å²) in [4.78, 5) is 20.9. The van der Waals surface area contributed by atoms with Crippen LogP contribution in [0.1, 0.15) is 12.5 Å². The number of nitrogens with one attached hydrogen (secondary N) is 1. The Bertz CT molecular complexity index is 664. The molecule has 1 N–H and O–H groups in total. The zero-order valence-electron chi connectivity index (χ0n) is 11.0. The topological polar surface area (TPSA) is 106 Å². The monoisotopic (exact) mass is 298 g/mol. The maximum atomic E-state index is 11.4. The number of nitro benzene ring substituents is 1. The molecule has 0 aromatic heterocycles. The second kappa shape index (κ2) is 6.29. The molecule has 0 fully saturated rings. The molecule has 1 aromatic carbocycles. The van der Waals surface area contributed by atoms with Crippen LogP contribution in [0.5, 0.6) is 0 Å². The van der Waals surface area contributed by atoms with Crippen LogP contribution in [-0.2, 0) is 14.6 Å². The summed E-state index contributed by atoms with van der Waals surface area (Å²) in [6.45, 7) is 1.59. The van der Waals surface area contributed by atoms with E-state index >= 15 is 0 Å². The quantitative estimate of drug-likeness (QED) is 0.648. The van der Waals surface area contributed by atoms with Gasteiger partial charge in [-0.15, -0.1) is 0 Å². The van der Waals surface area contributed by atoms with Crippen LogP contribution < -0.4 is 5.32 Å². The van der Waals surface area contributed by atoms with Crippen LogP contribution in [-0.4, -0.2) is 32.0 Å². The average molecular weight is 298 g/mol. The third-order valence-electron chi connectivity index (χ3n) is 2.39. The molecule has 0 radical (unpaired) electrons. The molecule has 7 nitrogen and oxygen atoms in total. The van der Waals surface area contributed by atoms with Crippen molar-refractivity contribution in [1.82, 2.24) is 5.32 Å². The fraction of sp³-hybridized carbons (Fsp3) is 0.250. The minimum atomic E-state index is -3.50. The summed E-state index contributed by atoms with van der Waals surface area (Å²) in [6.07, 6.45) is 3.99. The molecular weight excluding hydrogens is 284 g/mol. The Morgan fingerprint density at radius 1 is 1.45 bits per heavy atom. The fourth-order valence-electron chi connectivity index (χ4n) is 1.44. The maximum absolute atomic E-state index is 11.4. The molecule has 1 rings (SSSR count). The van der Waals surface area contributed by atoms with Gasteiger partial charge in [-0.3, -0.25) is 14.9 Å². The van der Waals surface area contributed by atoms with Crippen molar-refractivity contribution in [2.45, 2.75) is 11.8 Å². The van der Waals surface area contributed by atoms with Gasteiger partial charge in [0, 0.05) is 25.8 Å². The second-order valence-corrected chi connectivity index (χ2v) is 6.11. The molecule has 0 aliphatic heterocycles. The summed E-state index contributed by atoms with van der Waals surface area (Å²) in [5, 5.41) is 13.5. The van der Waals surface area contributed by atoms with Gasteiger partial charge in [0.1, 0.15) is 0 Å². The molecule has 0 aliphatic rings. The first-order valence-electron chi connectivity index (χ1n) is 5.61. The number of amides is 1. The van der Waals surface area contributed by atoms with Crippen molar-refractivity contribution in [2.24, 2.45) is 0 Å². The normalized spacial score (nSPS) is 11.5. The molecule has 1 aromatic rings. The molecule has 0 saturated carbocycles. The molecule has 1 amide bonds. The lowest BCUT2D eigenvalue weighted by molar-refractivity contribution is -0.385. The highest BCUT2D eigenvalue weighted by Gasteiger charge is 2.16. The van der Waals surface area contributed by atoms with E-state index in [1.165, 1.54) is 25.1 Å². The maximum Gasteiger partial charge on any atom is 0.277 e. The number of benzene rings is 1. The number of hydrogen-bond acceptors (Lipinski definition) is 5. The van der Waals surface area contributed by atoms with Gasteiger partial charge in [0.05, 0.1) is 15.4 Å². The minimum absolute atomic E-state index is 0.108. The summed E-state index contributed by atoms with van der Waals surface area (Å²) < 4.78 is 22.7. The summed E-state index contributed by atoms with van der Waals surface area (Å²) in [5.41, 5.74) is -0.0280. The van der Waals surface area contributed by atoms with Crippen LogP contribution in [0, 0.1) is 10.1 Å². The van der Waals surface area contributed by atoms with Crippen LogP contribution in [0.15, 0.2) is 29.2 Å². The lowest BCUT2D eigenvalue weighted by Crippen LogP contribution is -2.19. The number of carbonyl (C=O) groups excluding carboxylic acids is 1. The summed E-state index contributed by atoms with van der Waals surface area (Å²) in [5.74, 6) is -0.212. The number of nitro groups is 1. The van der Waals surface area contributed by atoms with E-state index in [0.717, 1.165) is 12.3 Å². The molecule has 8 heteroatoms. The lowest BCUT2D eigenvalue weighted by Gasteiger charge is -2.02. The molecule has 0 heterocycles. The van der Waals surface area contributed by atoms with E-state index in [4.69, 9.17) is 0 Å². The molecule has 0 atom stereocenters. The Morgan fingerprint density at radius 3 is 2.60 bits per heavy atom. The Balaban J connectivity index is 3.08. The molecule has 20 heavy (non-hydrogen) atoms. The third-order valence-corrected chi connectivity index (χ3v) is 3.50. The zero-order valence-corrected chi connectivity index (χ0v) is 11.8. The average Bonchev–Trinajstić information content (AvgIpc) is 2.33. The largest absolute Gasteiger partial charge is 0.353 e. The van der Waals surface area contributed by atoms with Gasteiger partial charge in [-0.1, -0.05) is 12.2 Å². The van der Waals surface area contributed by atoms with Gasteiger partial charge in [-0.25, -0.2) is 8.42 Å². The van der Waals surface area contributed by atoms with Crippen LogP contribution >= 0.6 is 0 Å². The van der Waals surface area contributed by atoms with E-state index in [1.807, 2.05) is 0 Å². The van der Waals surface area contributed by atoms with Gasteiger partial charge in [0.25, 0.3) is 5.69 Å². The van der Waals surface area contributed by atoms with Crippen LogP contribution in [0.4, 0.5) is 5.69 Å². The summed E-state index contributed by atoms with van der Waals surface area (Å²) >= 11 is 0. The van der Waals surface area contributed by atoms with E-state index in [1.54, 1.807) is 6.08 Å². The zero-order chi connectivity index (χ0) is 15.3. The third kappa shape index (κ3) is 4.47. The highest BCUT2D eigenvalue weighted by atomic mass is 32.2. The predicted octanol–water partition coefficient (Wildman–Crippen LogP) is 1.15. The van der Waals surface area contributed by atoms with Crippen molar-refractivity contribution >= 4 is 27.5 Å². The molecule has 0 saturated heterocycles. The Kier molecular flexibility index (Phi) is 4.98. The minimum Gasteiger partial charge on any atom is -0.353 e. The number of carbonyl (C=O) groups is 1. The van der Waals surface area contributed by atoms with Gasteiger partial charge in [-0.2, -0.15) is 0 Å². The number of hydrogen-bond donors (Lipinski definition) is 1. The van der Waals surface area contributed by atoms with Crippen LogP contribution in [0.3, 0.4) is 0 Å². The highest BCUT2D eigenvalue weighted by molar-refractivity contribution is 7.90. The first-order chi connectivity index (χ1) is 9.21. The first kappa shape index (κ1) is 15.8. The summed E-state index contributed by atoms with van der Waals surface area (Å²) in [6, 6.07) is 3.69. The molecule has 0 spiro atoms. The van der Waals surface area contributed by atoms with E-state index in [0.29, 0.717) is 0 Å². The number of sulfone groups is 1. The van der Waals surface area contributed by atoms with E-state index < -0.39 is 14.8 Å². The standard InChI is InChI=1S/C12H14N2O5S/c1-9(15)13-7-3-4-10-5-6-11(20(2,18)19)8-12(10)14(16)17/h3-6,8H,7H2,1-2H3,(H,13,15). The number of rotatable bonds is 5. The lowest BCUT2D eigenvalue weighted by atomic mass is 10.1. The molecular formula is C12H14N2O5S. The van der Waals surface area contributed by atoms with Crippen molar-refractivity contribution in [3.8, 4) is 0 Å². The van der Waals surface area contributed by atoms with Crippen molar-refractivity contribution in [3.63, 3.8) is 0 Å². The Hall–Kier alpha value is -2.22. The molecule has 0 aliphatic carbocycles. The van der Waals surface area contributed by atoms with Gasteiger partial charge in [0.15, 0.2) is 9.84 Å². The second-order valence-electron chi connectivity index (χ2n) is 4.09. The molecule has 0 unspecified atom stereocenters. The van der Waals surface area contributed by atoms with Crippen molar-refractivity contribution in [1.29, 1.82) is 0 Å². The van der Waals surface area contributed by atoms with Crippen LogP contribution in [0.2, 0.25) is 0 Å². The van der Waals surface area contributed by atoms with Crippen molar-refractivity contribution < 1.29 is 18.1 Å².